The van der Waals surface area contributed by atoms with Crippen molar-refractivity contribution in [2.24, 2.45) is 0 Å². The van der Waals surface area contributed by atoms with E-state index in [-0.39, 0.29) is 5.56 Å². The highest BCUT2D eigenvalue weighted by Gasteiger charge is 2.41. The number of halogens is 4. The van der Waals surface area contributed by atoms with Crippen LogP contribution in [0, 0.1) is 6.92 Å². The van der Waals surface area contributed by atoms with Crippen molar-refractivity contribution in [1.82, 2.24) is 0 Å². The van der Waals surface area contributed by atoms with Crippen LogP contribution in [0.25, 0.3) is 0 Å². The van der Waals surface area contributed by atoms with E-state index in [0.29, 0.717) is 16.3 Å². The molecule has 0 spiro atoms. The molecule has 0 saturated heterocycles. The van der Waals surface area contributed by atoms with Crippen molar-refractivity contribution in [3.8, 4) is 0 Å². The lowest BCUT2D eigenvalue weighted by Gasteiger charge is -2.24. The maximum Gasteiger partial charge on any atom is 0.412 e. The van der Waals surface area contributed by atoms with Crippen LogP contribution in [0.2, 0.25) is 5.02 Å². The summed E-state index contributed by atoms with van der Waals surface area (Å²) in [6, 6.07) is 10.8. The zero-order valence-corrected chi connectivity index (χ0v) is 11.5. The van der Waals surface area contributed by atoms with Crippen molar-refractivity contribution in [1.29, 1.82) is 0 Å². The molecule has 2 aromatic rings. The third kappa shape index (κ3) is 3.25. The van der Waals surface area contributed by atoms with Crippen LogP contribution in [0.15, 0.2) is 48.5 Å². The van der Waals surface area contributed by atoms with Crippen molar-refractivity contribution < 1.29 is 13.2 Å². The van der Waals surface area contributed by atoms with Gasteiger partial charge in [-0.15, -0.1) is 0 Å². The van der Waals surface area contributed by atoms with Crippen LogP contribution < -0.4 is 5.32 Å². The first-order valence-corrected chi connectivity index (χ1v) is 6.40. The van der Waals surface area contributed by atoms with Gasteiger partial charge in [0.25, 0.3) is 0 Å². The van der Waals surface area contributed by atoms with Crippen LogP contribution in [-0.2, 0) is 0 Å². The van der Waals surface area contributed by atoms with Gasteiger partial charge in [-0.1, -0.05) is 48.0 Å². The molecule has 1 nitrogen and oxygen atoms in total. The molecule has 0 radical (unpaired) electrons. The number of benzene rings is 2. The monoisotopic (exact) mass is 299 g/mol. The lowest BCUT2D eigenvalue weighted by Crippen LogP contribution is -2.28. The Kier molecular flexibility index (Phi) is 4.23. The van der Waals surface area contributed by atoms with E-state index < -0.39 is 12.2 Å². The fourth-order valence-corrected chi connectivity index (χ4v) is 2.09. The minimum Gasteiger partial charge on any atom is -0.370 e. The molecule has 5 heteroatoms. The Morgan fingerprint density at radius 1 is 1.00 bits per heavy atom. The lowest BCUT2D eigenvalue weighted by atomic mass is 10.1. The largest absolute Gasteiger partial charge is 0.412 e. The van der Waals surface area contributed by atoms with Crippen LogP contribution >= 0.6 is 11.6 Å². The normalized spacial score (nSPS) is 13.1. The van der Waals surface area contributed by atoms with Gasteiger partial charge in [-0.2, -0.15) is 13.2 Å². The van der Waals surface area contributed by atoms with E-state index in [1.807, 2.05) is 0 Å². The Morgan fingerprint density at radius 3 is 2.25 bits per heavy atom. The molecule has 1 N–H and O–H groups in total. The van der Waals surface area contributed by atoms with Gasteiger partial charge in [-0.25, -0.2) is 0 Å². The highest BCUT2D eigenvalue weighted by molar-refractivity contribution is 6.31. The standard InChI is InChI=1S/C15H13ClF3N/c1-10-12(16)8-5-9-13(10)20-14(15(17,18)19)11-6-3-2-4-7-11/h2-9,14,20H,1H3. The van der Waals surface area contributed by atoms with E-state index in [4.69, 9.17) is 11.6 Å². The van der Waals surface area contributed by atoms with Crippen molar-refractivity contribution in [2.75, 3.05) is 5.32 Å². The molecule has 0 aliphatic heterocycles. The van der Waals surface area contributed by atoms with E-state index in [2.05, 4.69) is 5.32 Å². The average molecular weight is 300 g/mol. The molecule has 1 atom stereocenters. The predicted molar refractivity (Wildman–Crippen MR) is 75.0 cm³/mol. The number of hydrogen-bond acceptors (Lipinski definition) is 1. The summed E-state index contributed by atoms with van der Waals surface area (Å²) in [5, 5.41) is 2.97. The molecule has 0 heterocycles. The molecule has 20 heavy (non-hydrogen) atoms. The molecular formula is C15H13ClF3N. The Labute approximate surface area is 120 Å². The summed E-state index contributed by atoms with van der Waals surface area (Å²) in [6.45, 7) is 1.68. The second kappa shape index (κ2) is 5.75. The first-order valence-electron chi connectivity index (χ1n) is 6.03. The van der Waals surface area contributed by atoms with Crippen LogP contribution in [0.3, 0.4) is 0 Å². The van der Waals surface area contributed by atoms with Crippen molar-refractivity contribution in [2.45, 2.75) is 19.1 Å². The summed E-state index contributed by atoms with van der Waals surface area (Å²) < 4.78 is 39.7. The quantitative estimate of drug-likeness (QED) is 0.804. The van der Waals surface area contributed by atoms with Gasteiger partial charge in [-0.05, 0) is 30.2 Å². The average Bonchev–Trinajstić information content (AvgIpc) is 2.40. The van der Waals surface area contributed by atoms with Gasteiger partial charge < -0.3 is 5.32 Å². The number of anilines is 1. The molecule has 106 valence electrons. The third-order valence-corrected chi connectivity index (χ3v) is 3.44. The highest BCUT2D eigenvalue weighted by atomic mass is 35.5. The minimum absolute atomic E-state index is 0.166. The predicted octanol–water partition coefficient (Wildman–Crippen LogP) is 5.36. The lowest BCUT2D eigenvalue weighted by molar-refractivity contribution is -0.144. The Morgan fingerprint density at radius 2 is 1.65 bits per heavy atom. The zero-order valence-electron chi connectivity index (χ0n) is 10.7. The van der Waals surface area contributed by atoms with Gasteiger partial charge in [0.1, 0.15) is 6.04 Å². The maximum atomic E-state index is 13.2. The third-order valence-electron chi connectivity index (χ3n) is 3.03. The highest BCUT2D eigenvalue weighted by Crippen LogP contribution is 2.37. The molecule has 0 saturated carbocycles. The summed E-state index contributed by atoms with van der Waals surface area (Å²) in [7, 11) is 0. The first-order chi connectivity index (χ1) is 9.39. The molecule has 2 aromatic carbocycles. The fraction of sp³-hybridized carbons (Fsp3) is 0.200. The van der Waals surface area contributed by atoms with Gasteiger partial charge >= 0.3 is 6.18 Å². The summed E-state index contributed by atoms with van der Waals surface area (Å²) in [4.78, 5) is 0. The van der Waals surface area contributed by atoms with Gasteiger partial charge in [0, 0.05) is 10.7 Å². The van der Waals surface area contributed by atoms with E-state index >= 15 is 0 Å². The molecule has 2 rings (SSSR count). The van der Waals surface area contributed by atoms with Gasteiger partial charge in [0.2, 0.25) is 0 Å². The molecule has 1 unspecified atom stereocenters. The summed E-state index contributed by atoms with van der Waals surface area (Å²) in [5.41, 5.74) is 1.14. The second-order valence-corrected chi connectivity index (χ2v) is 4.85. The molecule has 0 aromatic heterocycles. The van der Waals surface area contributed by atoms with E-state index in [1.54, 1.807) is 43.3 Å². The number of alkyl halides is 3. The Balaban J connectivity index is 2.37. The number of rotatable bonds is 3. The second-order valence-electron chi connectivity index (χ2n) is 4.44. The van der Waals surface area contributed by atoms with E-state index in [1.165, 1.54) is 12.1 Å². The van der Waals surface area contributed by atoms with E-state index in [9.17, 15) is 13.2 Å². The summed E-state index contributed by atoms with van der Waals surface area (Å²) in [6.07, 6.45) is -4.39. The molecule has 0 aliphatic rings. The Hall–Kier alpha value is -1.68. The van der Waals surface area contributed by atoms with Gasteiger partial charge in [0.15, 0.2) is 0 Å². The molecule has 0 bridgehead atoms. The molecule has 0 amide bonds. The Bertz CT molecular complexity index is 581. The maximum absolute atomic E-state index is 13.2. The van der Waals surface area contributed by atoms with Crippen LogP contribution in [0.5, 0.6) is 0 Å². The van der Waals surface area contributed by atoms with Crippen molar-refractivity contribution >= 4 is 17.3 Å². The number of hydrogen-bond donors (Lipinski definition) is 1. The summed E-state index contributed by atoms with van der Waals surface area (Å²) >= 11 is 5.94. The smallest absolute Gasteiger partial charge is 0.370 e. The molecule has 0 fully saturated rings. The first kappa shape index (κ1) is 14.7. The van der Waals surface area contributed by atoms with Gasteiger partial charge in [0.05, 0.1) is 0 Å². The van der Waals surface area contributed by atoms with Crippen LogP contribution in [0.4, 0.5) is 18.9 Å². The minimum atomic E-state index is -4.39. The summed E-state index contributed by atoms with van der Waals surface area (Å²) in [5.74, 6) is 0. The van der Waals surface area contributed by atoms with Crippen LogP contribution in [0.1, 0.15) is 17.2 Å². The SMILES string of the molecule is Cc1c(Cl)cccc1NC(c1ccccc1)C(F)(F)F. The fourth-order valence-electron chi connectivity index (χ4n) is 1.92. The van der Waals surface area contributed by atoms with Crippen molar-refractivity contribution in [3.63, 3.8) is 0 Å². The molecular weight excluding hydrogens is 287 g/mol. The van der Waals surface area contributed by atoms with E-state index in [0.717, 1.165) is 0 Å². The molecule has 0 aliphatic carbocycles. The topological polar surface area (TPSA) is 12.0 Å². The number of nitrogens with one attached hydrogen (secondary N) is 1. The van der Waals surface area contributed by atoms with Crippen molar-refractivity contribution in [3.05, 3.63) is 64.7 Å². The zero-order chi connectivity index (χ0) is 14.8. The van der Waals surface area contributed by atoms with Crippen LogP contribution in [-0.4, -0.2) is 6.18 Å². The van der Waals surface area contributed by atoms with Gasteiger partial charge in [-0.3, -0.25) is 0 Å².